The summed E-state index contributed by atoms with van der Waals surface area (Å²) in [6, 6.07) is 10.5. The minimum absolute atomic E-state index is 0.0916. The SMILES string of the molecule is COc1ccc(-c2cc(NS(=O)(=O)c3ccc(F)c(F)c3F)ccc2OC(F)F)cc1. The van der Waals surface area contributed by atoms with Crippen LogP contribution < -0.4 is 14.2 Å². The van der Waals surface area contributed by atoms with Gasteiger partial charge in [0.1, 0.15) is 16.4 Å². The van der Waals surface area contributed by atoms with Crippen LogP contribution in [0.3, 0.4) is 0 Å². The first-order chi connectivity index (χ1) is 14.6. The van der Waals surface area contributed by atoms with E-state index >= 15 is 0 Å². The number of hydrogen-bond donors (Lipinski definition) is 1. The van der Waals surface area contributed by atoms with Gasteiger partial charge in [-0.3, -0.25) is 4.72 Å². The van der Waals surface area contributed by atoms with Gasteiger partial charge < -0.3 is 9.47 Å². The van der Waals surface area contributed by atoms with Gasteiger partial charge in [-0.1, -0.05) is 12.1 Å². The smallest absolute Gasteiger partial charge is 0.387 e. The zero-order valence-corrected chi connectivity index (χ0v) is 16.5. The molecule has 0 aliphatic heterocycles. The maximum Gasteiger partial charge on any atom is 0.387 e. The van der Waals surface area contributed by atoms with Gasteiger partial charge in [-0.05, 0) is 48.0 Å². The Bertz CT molecular complexity index is 1200. The minimum Gasteiger partial charge on any atom is -0.497 e. The summed E-state index contributed by atoms with van der Waals surface area (Å²) in [7, 11) is -3.23. The van der Waals surface area contributed by atoms with Gasteiger partial charge in [-0.2, -0.15) is 8.78 Å². The molecular weight excluding hydrogens is 445 g/mol. The van der Waals surface area contributed by atoms with Crippen molar-refractivity contribution in [1.82, 2.24) is 0 Å². The van der Waals surface area contributed by atoms with Crippen molar-refractivity contribution in [3.8, 4) is 22.6 Å². The molecule has 0 aliphatic rings. The van der Waals surface area contributed by atoms with Gasteiger partial charge in [0.05, 0.1) is 7.11 Å². The normalized spacial score (nSPS) is 11.5. The van der Waals surface area contributed by atoms with E-state index in [1.54, 1.807) is 12.1 Å². The Morgan fingerprint density at radius 3 is 2.19 bits per heavy atom. The lowest BCUT2D eigenvalue weighted by atomic mass is 10.0. The van der Waals surface area contributed by atoms with Crippen LogP contribution in [0, 0.1) is 17.5 Å². The van der Waals surface area contributed by atoms with Crippen molar-refractivity contribution < 1.29 is 39.8 Å². The molecule has 31 heavy (non-hydrogen) atoms. The van der Waals surface area contributed by atoms with E-state index in [1.165, 1.54) is 25.3 Å². The molecule has 0 bridgehead atoms. The van der Waals surface area contributed by atoms with Crippen molar-refractivity contribution in [2.45, 2.75) is 11.5 Å². The zero-order valence-electron chi connectivity index (χ0n) is 15.7. The van der Waals surface area contributed by atoms with Crippen molar-refractivity contribution in [1.29, 1.82) is 0 Å². The fourth-order valence-electron chi connectivity index (χ4n) is 2.71. The van der Waals surface area contributed by atoms with E-state index in [1.807, 2.05) is 4.72 Å². The predicted molar refractivity (Wildman–Crippen MR) is 102 cm³/mol. The predicted octanol–water partition coefficient (Wildman–Crippen LogP) is 5.18. The molecule has 0 aromatic heterocycles. The largest absolute Gasteiger partial charge is 0.497 e. The second-order valence-corrected chi connectivity index (χ2v) is 7.75. The Labute approximate surface area is 174 Å². The van der Waals surface area contributed by atoms with E-state index in [0.29, 0.717) is 23.4 Å². The van der Waals surface area contributed by atoms with Crippen LogP contribution >= 0.6 is 0 Å². The minimum atomic E-state index is -4.67. The highest BCUT2D eigenvalue weighted by atomic mass is 32.2. The molecule has 0 atom stereocenters. The molecule has 1 N–H and O–H groups in total. The summed E-state index contributed by atoms with van der Waals surface area (Å²) in [5, 5.41) is 0. The summed E-state index contributed by atoms with van der Waals surface area (Å²) < 4.78 is 103. The third-order valence-corrected chi connectivity index (χ3v) is 5.54. The standard InChI is InChI=1S/C20H14F5NO4S/c1-29-13-5-2-11(3-6-13)14-10-12(4-8-16(14)30-20(24)25)26-31(27,28)17-9-7-15(21)18(22)19(17)23/h2-10,20,26H,1H3. The Kier molecular flexibility index (Phi) is 6.34. The monoisotopic (exact) mass is 459 g/mol. The number of methoxy groups -OCH3 is 1. The third kappa shape index (κ3) is 4.88. The molecule has 5 nitrogen and oxygen atoms in total. The Hall–Kier alpha value is -3.34. The van der Waals surface area contributed by atoms with Gasteiger partial charge in [0.25, 0.3) is 10.0 Å². The van der Waals surface area contributed by atoms with Crippen molar-refractivity contribution >= 4 is 15.7 Å². The number of hydrogen-bond acceptors (Lipinski definition) is 4. The third-order valence-electron chi connectivity index (χ3n) is 4.14. The maximum atomic E-state index is 13.9. The molecule has 3 aromatic carbocycles. The first-order valence-electron chi connectivity index (χ1n) is 8.52. The topological polar surface area (TPSA) is 64.6 Å². The molecule has 0 saturated carbocycles. The van der Waals surface area contributed by atoms with Crippen LogP contribution in [-0.4, -0.2) is 22.1 Å². The van der Waals surface area contributed by atoms with E-state index in [9.17, 15) is 30.4 Å². The number of ether oxygens (including phenoxy) is 2. The molecule has 11 heteroatoms. The summed E-state index contributed by atoms with van der Waals surface area (Å²) in [5.74, 6) is -5.14. The average molecular weight is 459 g/mol. The second-order valence-electron chi connectivity index (χ2n) is 6.10. The van der Waals surface area contributed by atoms with Crippen molar-refractivity contribution in [2.75, 3.05) is 11.8 Å². The number of rotatable bonds is 7. The fraction of sp³-hybridized carbons (Fsp3) is 0.100. The number of sulfonamides is 1. The highest BCUT2D eigenvalue weighted by Gasteiger charge is 2.24. The molecule has 0 heterocycles. The molecule has 0 spiro atoms. The van der Waals surface area contributed by atoms with E-state index < -0.39 is 39.0 Å². The van der Waals surface area contributed by atoms with E-state index in [2.05, 4.69) is 4.74 Å². The summed E-state index contributed by atoms with van der Waals surface area (Å²) in [6.45, 7) is -3.14. The summed E-state index contributed by atoms with van der Waals surface area (Å²) in [6.07, 6.45) is 0. The summed E-state index contributed by atoms with van der Waals surface area (Å²) >= 11 is 0. The molecule has 0 fully saturated rings. The van der Waals surface area contributed by atoms with Crippen LogP contribution in [0.2, 0.25) is 0 Å². The van der Waals surface area contributed by atoms with Crippen LogP contribution in [-0.2, 0) is 10.0 Å². The van der Waals surface area contributed by atoms with Crippen molar-refractivity contribution in [3.63, 3.8) is 0 Å². The van der Waals surface area contributed by atoms with Gasteiger partial charge in [0.15, 0.2) is 17.5 Å². The van der Waals surface area contributed by atoms with Gasteiger partial charge in [-0.25, -0.2) is 21.6 Å². The molecule has 3 aromatic rings. The molecule has 0 aliphatic carbocycles. The van der Waals surface area contributed by atoms with Crippen LogP contribution in [0.5, 0.6) is 11.5 Å². The molecular formula is C20H14F5NO4S. The lowest BCUT2D eigenvalue weighted by molar-refractivity contribution is -0.0494. The fourth-order valence-corrected chi connectivity index (χ4v) is 3.83. The number of benzene rings is 3. The maximum absolute atomic E-state index is 13.9. The second kappa shape index (κ2) is 8.80. The average Bonchev–Trinajstić information content (AvgIpc) is 2.72. The number of anilines is 1. The van der Waals surface area contributed by atoms with Gasteiger partial charge in [-0.15, -0.1) is 0 Å². The number of alkyl halides is 2. The highest BCUT2D eigenvalue weighted by molar-refractivity contribution is 7.92. The lowest BCUT2D eigenvalue weighted by Crippen LogP contribution is -2.16. The lowest BCUT2D eigenvalue weighted by Gasteiger charge is -2.15. The van der Waals surface area contributed by atoms with E-state index in [0.717, 1.165) is 12.1 Å². The zero-order chi connectivity index (χ0) is 22.8. The Morgan fingerprint density at radius 2 is 1.58 bits per heavy atom. The van der Waals surface area contributed by atoms with Crippen LogP contribution in [0.25, 0.3) is 11.1 Å². The van der Waals surface area contributed by atoms with Crippen molar-refractivity contribution in [3.05, 3.63) is 72.0 Å². The molecule has 3 rings (SSSR count). The van der Waals surface area contributed by atoms with E-state index in [4.69, 9.17) is 4.74 Å². The van der Waals surface area contributed by atoms with Gasteiger partial charge in [0, 0.05) is 11.3 Å². The van der Waals surface area contributed by atoms with E-state index in [-0.39, 0.29) is 17.0 Å². The van der Waals surface area contributed by atoms with Gasteiger partial charge >= 0.3 is 6.61 Å². The first kappa shape index (κ1) is 22.3. The van der Waals surface area contributed by atoms with Crippen LogP contribution in [0.4, 0.5) is 27.6 Å². The van der Waals surface area contributed by atoms with Crippen LogP contribution in [0.1, 0.15) is 0 Å². The highest BCUT2D eigenvalue weighted by Crippen LogP contribution is 2.35. The quantitative estimate of drug-likeness (QED) is 0.391. The molecule has 0 amide bonds. The first-order valence-corrected chi connectivity index (χ1v) is 10.0. The molecule has 164 valence electrons. The molecule has 0 unspecified atom stereocenters. The van der Waals surface area contributed by atoms with Crippen molar-refractivity contribution in [2.24, 2.45) is 0 Å². The summed E-state index contributed by atoms with van der Waals surface area (Å²) in [5.41, 5.74) is 0.321. The Balaban J connectivity index is 2.03. The molecule has 0 radical (unpaired) electrons. The number of nitrogens with one attached hydrogen (secondary N) is 1. The van der Waals surface area contributed by atoms with Gasteiger partial charge in [0.2, 0.25) is 0 Å². The molecule has 0 saturated heterocycles. The van der Waals surface area contributed by atoms with Crippen LogP contribution in [0.15, 0.2) is 59.5 Å². The number of halogens is 5. The summed E-state index contributed by atoms with van der Waals surface area (Å²) in [4.78, 5) is -1.12. The Morgan fingerprint density at radius 1 is 0.903 bits per heavy atom.